The van der Waals surface area contributed by atoms with Crippen molar-refractivity contribution in [2.75, 3.05) is 65.9 Å². The normalized spacial score (nSPS) is 12.0. The van der Waals surface area contributed by atoms with Gasteiger partial charge in [-0.05, 0) is 83.6 Å². The van der Waals surface area contributed by atoms with E-state index in [1.165, 1.54) is 19.3 Å². The van der Waals surface area contributed by atoms with Crippen LogP contribution < -0.4 is 0 Å². The van der Waals surface area contributed by atoms with Gasteiger partial charge in [-0.3, -0.25) is 19.2 Å². The Morgan fingerprint density at radius 2 is 0.809 bits per heavy atom. The van der Waals surface area contributed by atoms with Gasteiger partial charge in [0.2, 0.25) is 0 Å². The second-order valence-electron chi connectivity index (χ2n) is 18.3. The second kappa shape index (κ2) is 50.0. The maximum absolute atomic E-state index is 13.0. The summed E-state index contributed by atoms with van der Waals surface area (Å²) in [5, 5.41) is 9.37. The average molecular weight is 966 g/mol. The van der Waals surface area contributed by atoms with E-state index in [0.29, 0.717) is 51.6 Å². The predicted molar refractivity (Wildman–Crippen MR) is 271 cm³/mol. The average Bonchev–Trinajstić information content (AvgIpc) is 3.33. The first kappa shape index (κ1) is 64.5. The number of esters is 4. The van der Waals surface area contributed by atoms with Crippen LogP contribution in [0, 0.1) is 11.8 Å². The zero-order chi connectivity index (χ0) is 50.0. The van der Waals surface area contributed by atoms with Crippen molar-refractivity contribution < 1.29 is 57.5 Å². The number of nitrogens with zero attached hydrogens (tertiary/aromatic N) is 1. The number of aliphatic hydroxyl groups is 1. The van der Waals surface area contributed by atoms with Crippen LogP contribution in [0.5, 0.6) is 0 Å². The molecule has 0 amide bonds. The van der Waals surface area contributed by atoms with Gasteiger partial charge in [-0.2, -0.15) is 0 Å². The van der Waals surface area contributed by atoms with Crippen LogP contribution in [0.25, 0.3) is 0 Å². The molecular weight excluding hydrogens is 867 g/mol. The van der Waals surface area contributed by atoms with Crippen LogP contribution in [0.4, 0.5) is 4.79 Å². The van der Waals surface area contributed by atoms with Crippen molar-refractivity contribution in [3.63, 3.8) is 0 Å². The van der Waals surface area contributed by atoms with Gasteiger partial charge in [0.15, 0.2) is 0 Å². The zero-order valence-electron chi connectivity index (χ0n) is 43.6. The van der Waals surface area contributed by atoms with Crippen molar-refractivity contribution in [1.29, 1.82) is 0 Å². The van der Waals surface area contributed by atoms with Crippen LogP contribution >= 0.6 is 0 Å². The first-order valence-electron chi connectivity index (χ1n) is 27.2. The maximum atomic E-state index is 13.0. The summed E-state index contributed by atoms with van der Waals surface area (Å²) in [6.45, 7) is 10.7. The molecule has 0 aliphatic heterocycles. The van der Waals surface area contributed by atoms with Crippen LogP contribution in [-0.2, 0) is 47.6 Å². The Morgan fingerprint density at radius 3 is 1.31 bits per heavy atom. The number of ether oxygens (including phenoxy) is 6. The fourth-order valence-corrected chi connectivity index (χ4v) is 7.38. The maximum Gasteiger partial charge on any atom is 0.508 e. The van der Waals surface area contributed by atoms with Gasteiger partial charge in [0.1, 0.15) is 19.8 Å². The highest BCUT2D eigenvalue weighted by Gasteiger charge is 2.20. The Labute approximate surface area is 413 Å². The Balaban J connectivity index is 5.09. The number of unbranched alkanes of at least 4 members (excludes halogenated alkanes) is 17. The van der Waals surface area contributed by atoms with Gasteiger partial charge in [-0.1, -0.05) is 142 Å². The highest BCUT2D eigenvalue weighted by atomic mass is 16.7. The highest BCUT2D eigenvalue weighted by Crippen LogP contribution is 2.16. The molecular formula is C55H99NO12. The number of rotatable bonds is 49. The van der Waals surface area contributed by atoms with E-state index in [4.69, 9.17) is 28.4 Å². The lowest BCUT2D eigenvalue weighted by Gasteiger charge is -2.21. The van der Waals surface area contributed by atoms with E-state index in [2.05, 4.69) is 56.9 Å². The van der Waals surface area contributed by atoms with Gasteiger partial charge >= 0.3 is 30.0 Å². The van der Waals surface area contributed by atoms with Crippen LogP contribution in [0.3, 0.4) is 0 Å². The van der Waals surface area contributed by atoms with Crippen molar-refractivity contribution >= 4 is 30.0 Å². The van der Waals surface area contributed by atoms with Gasteiger partial charge in [-0.25, -0.2) is 4.79 Å². The highest BCUT2D eigenvalue weighted by molar-refractivity contribution is 5.70. The summed E-state index contributed by atoms with van der Waals surface area (Å²) in [5.74, 6) is -2.25. The molecule has 396 valence electrons. The third-order valence-corrected chi connectivity index (χ3v) is 11.7. The minimum Gasteiger partial charge on any atom is -0.465 e. The molecule has 0 saturated carbocycles. The first-order valence-corrected chi connectivity index (χ1v) is 27.2. The first-order chi connectivity index (χ1) is 33.2. The SMILES string of the molecule is CCCCC/C=C\C/C=C\CCCCCCCC(=O)OCC(COC(=O)CCCC(COC(=O)CCCCCCC)COC(=O)CCCCCCC)COC(=O)OCCCN(CCO)CCCC. The third-order valence-electron chi connectivity index (χ3n) is 11.7. The van der Waals surface area contributed by atoms with Crippen molar-refractivity contribution in [1.82, 2.24) is 4.90 Å². The molecule has 1 unspecified atom stereocenters. The lowest BCUT2D eigenvalue weighted by molar-refractivity contribution is -0.152. The van der Waals surface area contributed by atoms with E-state index in [1.807, 2.05) is 0 Å². The summed E-state index contributed by atoms with van der Waals surface area (Å²) in [6.07, 6.45) is 34.8. The largest absolute Gasteiger partial charge is 0.508 e. The fourth-order valence-electron chi connectivity index (χ4n) is 7.38. The van der Waals surface area contributed by atoms with Crippen LogP contribution in [0.1, 0.15) is 220 Å². The molecule has 0 aliphatic rings. The van der Waals surface area contributed by atoms with Gasteiger partial charge < -0.3 is 38.4 Å². The van der Waals surface area contributed by atoms with Crippen LogP contribution in [0.2, 0.25) is 0 Å². The predicted octanol–water partition coefficient (Wildman–Crippen LogP) is 12.7. The monoisotopic (exact) mass is 966 g/mol. The van der Waals surface area contributed by atoms with Crippen molar-refractivity contribution in [3.05, 3.63) is 24.3 Å². The Morgan fingerprint density at radius 1 is 0.412 bits per heavy atom. The van der Waals surface area contributed by atoms with Gasteiger partial charge in [0.25, 0.3) is 0 Å². The number of hydrogen-bond acceptors (Lipinski definition) is 13. The molecule has 0 rings (SSSR count). The fraction of sp³-hybridized carbons (Fsp3) is 0.836. The molecule has 0 bridgehead atoms. The summed E-state index contributed by atoms with van der Waals surface area (Å²) in [4.78, 5) is 65.3. The third kappa shape index (κ3) is 45.0. The number of aliphatic hydroxyl groups excluding tert-OH is 1. The molecule has 1 N–H and O–H groups in total. The van der Waals surface area contributed by atoms with Crippen LogP contribution in [-0.4, -0.2) is 106 Å². The van der Waals surface area contributed by atoms with E-state index >= 15 is 0 Å². The summed E-state index contributed by atoms with van der Waals surface area (Å²) in [5.41, 5.74) is 0. The van der Waals surface area contributed by atoms with Crippen LogP contribution in [0.15, 0.2) is 24.3 Å². The summed E-state index contributed by atoms with van der Waals surface area (Å²) in [7, 11) is 0. The molecule has 13 nitrogen and oxygen atoms in total. The smallest absolute Gasteiger partial charge is 0.465 e. The lowest BCUT2D eigenvalue weighted by atomic mass is 10.0. The Hall–Kier alpha value is -3.45. The molecule has 0 heterocycles. The topological polar surface area (TPSA) is 164 Å². The van der Waals surface area contributed by atoms with E-state index in [1.54, 1.807) is 0 Å². The summed E-state index contributed by atoms with van der Waals surface area (Å²) < 4.78 is 33.0. The van der Waals surface area contributed by atoms with Gasteiger partial charge in [0.05, 0.1) is 32.3 Å². The lowest BCUT2D eigenvalue weighted by Crippen LogP contribution is -2.30. The summed E-state index contributed by atoms with van der Waals surface area (Å²) >= 11 is 0. The quantitative estimate of drug-likeness (QED) is 0.0265. The minimum atomic E-state index is -0.861. The molecule has 0 aromatic carbocycles. The molecule has 0 aliphatic carbocycles. The van der Waals surface area contributed by atoms with Gasteiger partial charge in [-0.15, -0.1) is 0 Å². The van der Waals surface area contributed by atoms with Crippen molar-refractivity contribution in [2.45, 2.75) is 220 Å². The zero-order valence-corrected chi connectivity index (χ0v) is 43.6. The van der Waals surface area contributed by atoms with E-state index < -0.39 is 18.0 Å². The molecule has 1 atom stereocenters. The van der Waals surface area contributed by atoms with Crippen molar-refractivity contribution in [2.24, 2.45) is 11.8 Å². The second-order valence-corrected chi connectivity index (χ2v) is 18.3. The molecule has 0 spiro atoms. The van der Waals surface area contributed by atoms with Crippen molar-refractivity contribution in [3.8, 4) is 0 Å². The molecule has 0 aromatic heterocycles. The number of allylic oxidation sites excluding steroid dienone is 4. The molecule has 0 aromatic rings. The van der Waals surface area contributed by atoms with E-state index in [9.17, 15) is 29.1 Å². The molecule has 68 heavy (non-hydrogen) atoms. The molecule has 13 heteroatoms. The number of carbonyl (C=O) groups excluding carboxylic acids is 5. The standard InChI is InChI=1S/C55H99NO12/c1-5-9-13-16-17-18-19-20-21-22-23-24-25-28-31-37-53(60)66-46-50(48-68-55(62)63-43-33-40-56(41-42-57)39-12-8-4)47-67-54(61)38-32-34-49(44-64-51(58)35-29-26-14-10-6-2)45-65-52(59)36-30-27-15-11-7-3/h17-18,20-21,49-50,57H,5-16,19,22-48H2,1-4H3/b18-17-,21-20-. The Kier molecular flexibility index (Phi) is 47.4. The molecule has 0 radical (unpaired) electrons. The van der Waals surface area contributed by atoms with E-state index in [0.717, 1.165) is 129 Å². The molecule has 0 saturated heterocycles. The number of carbonyl (C=O) groups is 5. The van der Waals surface area contributed by atoms with Gasteiger partial charge in [0, 0.05) is 44.7 Å². The number of hydrogen-bond donors (Lipinski definition) is 1. The summed E-state index contributed by atoms with van der Waals surface area (Å²) in [6, 6.07) is 0. The molecule has 0 fully saturated rings. The Bertz CT molecular complexity index is 1240. The minimum absolute atomic E-state index is 0.0621. The van der Waals surface area contributed by atoms with E-state index in [-0.39, 0.29) is 82.9 Å².